The quantitative estimate of drug-likeness (QED) is 0.602. The fraction of sp³-hybridized carbons (Fsp3) is 0.462. The molecule has 1 aliphatic heterocycles. The third kappa shape index (κ3) is 2.97. The van der Waals surface area contributed by atoms with Crippen LogP contribution in [-0.2, 0) is 9.47 Å². The highest BCUT2D eigenvalue weighted by Crippen LogP contribution is 2.26. The highest BCUT2D eigenvalue weighted by molar-refractivity contribution is 5.92. The summed E-state index contributed by atoms with van der Waals surface area (Å²) in [6.07, 6.45) is -0.201. The van der Waals surface area contributed by atoms with Crippen molar-refractivity contribution < 1.29 is 19.4 Å². The van der Waals surface area contributed by atoms with Crippen LogP contribution in [0.5, 0.6) is 0 Å². The molecule has 104 valence electrons. The summed E-state index contributed by atoms with van der Waals surface area (Å²) in [5, 5.41) is 9.13. The van der Waals surface area contributed by atoms with Gasteiger partial charge in [-0.1, -0.05) is 0 Å². The van der Waals surface area contributed by atoms with Gasteiger partial charge in [-0.2, -0.15) is 0 Å². The molecular formula is C13H18N2O4. The molecule has 1 saturated heterocycles. The first-order chi connectivity index (χ1) is 9.15. The molecule has 1 aliphatic rings. The molecule has 19 heavy (non-hydrogen) atoms. The molecule has 1 heterocycles. The third-order valence-electron chi connectivity index (χ3n) is 3.13. The number of nitrogens with two attached hydrogens (primary N) is 1. The van der Waals surface area contributed by atoms with Crippen molar-refractivity contribution in [2.24, 2.45) is 0 Å². The molecule has 1 unspecified atom stereocenters. The van der Waals surface area contributed by atoms with Gasteiger partial charge in [-0.25, -0.2) is 4.79 Å². The molecule has 0 aromatic heterocycles. The van der Waals surface area contributed by atoms with Crippen LogP contribution in [0.3, 0.4) is 0 Å². The molecule has 0 saturated carbocycles. The number of nitrogen functional groups attached to an aromatic ring is 1. The normalized spacial score (nSPS) is 19.3. The fourth-order valence-electron chi connectivity index (χ4n) is 2.14. The smallest absolute Gasteiger partial charge is 0.337 e. The van der Waals surface area contributed by atoms with Crippen LogP contribution in [0.15, 0.2) is 18.2 Å². The minimum atomic E-state index is -0.409. The minimum Gasteiger partial charge on any atom is -0.465 e. The second kappa shape index (κ2) is 5.90. The monoisotopic (exact) mass is 266 g/mol. The van der Waals surface area contributed by atoms with Crippen molar-refractivity contribution in [3.8, 4) is 0 Å². The van der Waals surface area contributed by atoms with E-state index in [1.807, 2.05) is 4.90 Å². The van der Waals surface area contributed by atoms with Crippen LogP contribution < -0.4 is 10.6 Å². The molecule has 0 bridgehead atoms. The SMILES string of the molecule is COC(=O)c1ccc(N2CCOC(CO)C2)c(N)c1. The lowest BCUT2D eigenvalue weighted by Crippen LogP contribution is -2.44. The first-order valence-electron chi connectivity index (χ1n) is 6.11. The minimum absolute atomic E-state index is 0.0172. The molecule has 0 amide bonds. The molecular weight excluding hydrogens is 248 g/mol. The van der Waals surface area contributed by atoms with Gasteiger partial charge in [0.1, 0.15) is 0 Å². The Morgan fingerprint density at radius 2 is 2.42 bits per heavy atom. The summed E-state index contributed by atoms with van der Waals surface area (Å²) in [5.74, 6) is -0.409. The van der Waals surface area contributed by atoms with Crippen LogP contribution in [0.2, 0.25) is 0 Å². The van der Waals surface area contributed by atoms with E-state index in [0.717, 1.165) is 5.69 Å². The van der Waals surface area contributed by atoms with E-state index < -0.39 is 5.97 Å². The maximum Gasteiger partial charge on any atom is 0.337 e. The highest BCUT2D eigenvalue weighted by atomic mass is 16.5. The molecule has 0 radical (unpaired) electrons. The van der Waals surface area contributed by atoms with Crippen molar-refractivity contribution in [3.63, 3.8) is 0 Å². The summed E-state index contributed by atoms with van der Waals surface area (Å²) in [6, 6.07) is 5.08. The second-order valence-electron chi connectivity index (χ2n) is 4.39. The summed E-state index contributed by atoms with van der Waals surface area (Å²) in [7, 11) is 1.33. The van der Waals surface area contributed by atoms with Gasteiger partial charge in [-0.3, -0.25) is 0 Å². The molecule has 1 aromatic rings. The summed E-state index contributed by atoms with van der Waals surface area (Å²) in [4.78, 5) is 13.4. The fourth-order valence-corrected chi connectivity index (χ4v) is 2.14. The number of benzene rings is 1. The van der Waals surface area contributed by atoms with E-state index in [9.17, 15) is 4.79 Å². The molecule has 2 rings (SSSR count). The van der Waals surface area contributed by atoms with E-state index in [4.69, 9.17) is 15.6 Å². The van der Waals surface area contributed by atoms with Gasteiger partial charge in [-0.05, 0) is 18.2 Å². The van der Waals surface area contributed by atoms with Crippen molar-refractivity contribution in [2.75, 3.05) is 44.0 Å². The average molecular weight is 266 g/mol. The van der Waals surface area contributed by atoms with Crippen LogP contribution in [-0.4, -0.2) is 50.6 Å². The number of aliphatic hydroxyl groups is 1. The number of morpholine rings is 1. The number of carbonyl (C=O) groups is 1. The summed E-state index contributed by atoms with van der Waals surface area (Å²) < 4.78 is 10.0. The number of rotatable bonds is 3. The van der Waals surface area contributed by atoms with Crippen molar-refractivity contribution in [1.82, 2.24) is 0 Å². The van der Waals surface area contributed by atoms with Gasteiger partial charge in [0.2, 0.25) is 0 Å². The van der Waals surface area contributed by atoms with Gasteiger partial charge < -0.3 is 25.2 Å². The van der Waals surface area contributed by atoms with E-state index in [1.54, 1.807) is 18.2 Å². The summed E-state index contributed by atoms with van der Waals surface area (Å²) >= 11 is 0. The molecule has 1 fully saturated rings. The number of hydrogen-bond donors (Lipinski definition) is 2. The number of esters is 1. The Labute approximate surface area is 111 Å². The van der Waals surface area contributed by atoms with E-state index in [-0.39, 0.29) is 12.7 Å². The Bertz CT molecular complexity index is 464. The zero-order valence-electron chi connectivity index (χ0n) is 10.8. The Kier molecular flexibility index (Phi) is 4.24. The zero-order chi connectivity index (χ0) is 13.8. The van der Waals surface area contributed by atoms with Crippen LogP contribution >= 0.6 is 0 Å². The number of carbonyl (C=O) groups excluding carboxylic acids is 1. The number of nitrogens with zero attached hydrogens (tertiary/aromatic N) is 1. The molecule has 0 spiro atoms. The third-order valence-corrected chi connectivity index (χ3v) is 3.13. The van der Waals surface area contributed by atoms with Crippen LogP contribution in [0, 0.1) is 0 Å². The first kappa shape index (κ1) is 13.6. The van der Waals surface area contributed by atoms with E-state index in [1.165, 1.54) is 7.11 Å². The van der Waals surface area contributed by atoms with Crippen molar-refractivity contribution >= 4 is 17.3 Å². The maximum atomic E-state index is 11.4. The van der Waals surface area contributed by atoms with Gasteiger partial charge in [-0.15, -0.1) is 0 Å². The van der Waals surface area contributed by atoms with E-state index in [0.29, 0.717) is 30.9 Å². The molecule has 3 N–H and O–H groups in total. The lowest BCUT2D eigenvalue weighted by atomic mass is 10.1. The van der Waals surface area contributed by atoms with Crippen molar-refractivity contribution in [1.29, 1.82) is 0 Å². The zero-order valence-corrected chi connectivity index (χ0v) is 10.8. The molecule has 6 heteroatoms. The predicted molar refractivity (Wildman–Crippen MR) is 71.2 cm³/mol. The lowest BCUT2D eigenvalue weighted by molar-refractivity contribution is 0.00360. The van der Waals surface area contributed by atoms with Crippen LogP contribution in [0.1, 0.15) is 10.4 Å². The average Bonchev–Trinajstić information content (AvgIpc) is 2.46. The van der Waals surface area contributed by atoms with Crippen LogP contribution in [0.25, 0.3) is 0 Å². The van der Waals surface area contributed by atoms with E-state index >= 15 is 0 Å². The Morgan fingerprint density at radius 1 is 1.63 bits per heavy atom. The first-order valence-corrected chi connectivity index (χ1v) is 6.11. The molecule has 0 aliphatic carbocycles. The molecule has 1 aromatic carbocycles. The van der Waals surface area contributed by atoms with Gasteiger partial charge >= 0.3 is 5.97 Å². The number of ether oxygens (including phenoxy) is 2. The van der Waals surface area contributed by atoms with Crippen LogP contribution in [0.4, 0.5) is 11.4 Å². The second-order valence-corrected chi connectivity index (χ2v) is 4.39. The Morgan fingerprint density at radius 3 is 3.05 bits per heavy atom. The van der Waals surface area contributed by atoms with Gasteiger partial charge in [0.25, 0.3) is 0 Å². The summed E-state index contributed by atoms with van der Waals surface area (Å²) in [5.41, 5.74) is 7.76. The van der Waals surface area contributed by atoms with Gasteiger partial charge in [0, 0.05) is 13.1 Å². The molecule has 1 atom stereocenters. The number of anilines is 2. The number of methoxy groups -OCH3 is 1. The lowest BCUT2D eigenvalue weighted by Gasteiger charge is -2.34. The summed E-state index contributed by atoms with van der Waals surface area (Å²) in [6.45, 7) is 1.82. The van der Waals surface area contributed by atoms with Gasteiger partial charge in [0.15, 0.2) is 0 Å². The Balaban J connectivity index is 2.18. The topological polar surface area (TPSA) is 85.0 Å². The number of hydrogen-bond acceptors (Lipinski definition) is 6. The maximum absolute atomic E-state index is 11.4. The largest absolute Gasteiger partial charge is 0.465 e. The van der Waals surface area contributed by atoms with Crippen molar-refractivity contribution in [3.05, 3.63) is 23.8 Å². The Hall–Kier alpha value is -1.79. The van der Waals surface area contributed by atoms with Gasteiger partial charge in [0.05, 0.1) is 43.4 Å². The van der Waals surface area contributed by atoms with Crippen molar-refractivity contribution in [2.45, 2.75) is 6.10 Å². The predicted octanol–water partition coefficient (Wildman–Crippen LogP) is 0.253. The standard InChI is InChI=1S/C13H18N2O4/c1-18-13(17)9-2-3-12(11(14)6-9)15-4-5-19-10(7-15)8-16/h2-3,6,10,16H,4-5,7-8,14H2,1H3. The number of aliphatic hydroxyl groups excluding tert-OH is 1. The van der Waals surface area contributed by atoms with E-state index in [2.05, 4.69) is 4.74 Å². The molecule has 6 nitrogen and oxygen atoms in total. The highest BCUT2D eigenvalue weighted by Gasteiger charge is 2.21.